The molecule has 5 heteroatoms. The Balaban J connectivity index is 2.05. The maximum atomic E-state index is 6.21. The molecule has 0 saturated carbocycles. The van der Waals surface area contributed by atoms with Crippen LogP contribution < -0.4 is 10.1 Å². The predicted molar refractivity (Wildman–Crippen MR) is 74.5 cm³/mol. The molecule has 0 aliphatic carbocycles. The molecule has 0 fully saturated rings. The van der Waals surface area contributed by atoms with E-state index >= 15 is 0 Å². The topological polar surface area (TPSA) is 47.3 Å². The zero-order valence-corrected chi connectivity index (χ0v) is 12.0. The van der Waals surface area contributed by atoms with Gasteiger partial charge >= 0.3 is 0 Å². The van der Waals surface area contributed by atoms with Gasteiger partial charge in [0.25, 0.3) is 0 Å². The van der Waals surface area contributed by atoms with Crippen LogP contribution in [0.3, 0.4) is 0 Å². The van der Waals surface area contributed by atoms with Crippen molar-refractivity contribution in [2.24, 2.45) is 0 Å². The highest BCUT2D eigenvalue weighted by atomic mass is 35.5. The van der Waals surface area contributed by atoms with E-state index in [0.717, 1.165) is 17.0 Å². The Bertz CT molecular complexity index is 554. The lowest BCUT2D eigenvalue weighted by molar-refractivity contribution is 0.288. The summed E-state index contributed by atoms with van der Waals surface area (Å²) in [6.45, 7) is 4.26. The quantitative estimate of drug-likeness (QED) is 0.911. The van der Waals surface area contributed by atoms with E-state index < -0.39 is 0 Å². The van der Waals surface area contributed by atoms with E-state index in [0.29, 0.717) is 17.4 Å². The summed E-state index contributed by atoms with van der Waals surface area (Å²) in [5.74, 6) is 1.41. The first kappa shape index (κ1) is 13.9. The van der Waals surface area contributed by atoms with Crippen molar-refractivity contribution in [2.45, 2.75) is 26.5 Å². The van der Waals surface area contributed by atoms with Crippen LogP contribution >= 0.6 is 11.6 Å². The first-order chi connectivity index (χ1) is 9.10. The van der Waals surface area contributed by atoms with Gasteiger partial charge in [-0.25, -0.2) is 0 Å². The lowest BCUT2D eigenvalue weighted by Gasteiger charge is -2.13. The van der Waals surface area contributed by atoms with Gasteiger partial charge in [0.15, 0.2) is 0 Å². The Hall–Kier alpha value is -1.52. The molecule has 4 nitrogen and oxygen atoms in total. The number of halogens is 1. The molecule has 0 spiro atoms. The number of aryl methyl sites for hydroxylation is 1. The zero-order valence-electron chi connectivity index (χ0n) is 11.2. The van der Waals surface area contributed by atoms with E-state index in [-0.39, 0.29) is 6.04 Å². The van der Waals surface area contributed by atoms with Crippen molar-refractivity contribution in [1.29, 1.82) is 0 Å². The van der Waals surface area contributed by atoms with Crippen molar-refractivity contribution in [3.05, 3.63) is 46.3 Å². The molecular weight excluding hydrogens is 264 g/mol. The van der Waals surface area contributed by atoms with Crippen molar-refractivity contribution >= 4 is 11.6 Å². The van der Waals surface area contributed by atoms with Crippen molar-refractivity contribution in [3.8, 4) is 5.75 Å². The van der Waals surface area contributed by atoms with Crippen molar-refractivity contribution in [2.75, 3.05) is 7.05 Å². The van der Waals surface area contributed by atoms with E-state index in [1.807, 2.05) is 38.2 Å². The molecule has 0 aliphatic rings. The lowest BCUT2D eigenvalue weighted by Crippen LogP contribution is -2.12. The van der Waals surface area contributed by atoms with Gasteiger partial charge in [-0.3, -0.25) is 0 Å². The average Bonchev–Trinajstić information content (AvgIpc) is 2.82. The molecule has 2 aromatic rings. The number of rotatable bonds is 5. The lowest BCUT2D eigenvalue weighted by atomic mass is 10.1. The molecule has 0 saturated heterocycles. The van der Waals surface area contributed by atoms with Gasteiger partial charge in [0.05, 0.1) is 5.02 Å². The fourth-order valence-corrected chi connectivity index (χ4v) is 1.95. The van der Waals surface area contributed by atoms with Crippen LogP contribution in [0.25, 0.3) is 0 Å². The third kappa shape index (κ3) is 3.49. The number of hydrogen-bond donors (Lipinski definition) is 1. The molecule has 2 rings (SSSR count). The maximum Gasteiger partial charge on any atom is 0.138 e. The number of aromatic nitrogens is 1. The van der Waals surface area contributed by atoms with Gasteiger partial charge in [0.2, 0.25) is 0 Å². The number of ether oxygens (including phenoxy) is 1. The molecule has 1 heterocycles. The average molecular weight is 281 g/mol. The highest BCUT2D eigenvalue weighted by Crippen LogP contribution is 2.28. The summed E-state index contributed by atoms with van der Waals surface area (Å²) in [7, 11) is 1.91. The van der Waals surface area contributed by atoms with Gasteiger partial charge in [-0.1, -0.05) is 22.8 Å². The third-order valence-corrected chi connectivity index (χ3v) is 3.24. The van der Waals surface area contributed by atoms with Crippen LogP contribution in [0.4, 0.5) is 0 Å². The van der Waals surface area contributed by atoms with E-state index in [1.54, 1.807) is 0 Å². The zero-order chi connectivity index (χ0) is 13.8. The molecule has 1 aromatic carbocycles. The predicted octanol–water partition coefficient (Wildman–Crippen LogP) is 3.50. The third-order valence-electron chi connectivity index (χ3n) is 2.94. The smallest absolute Gasteiger partial charge is 0.138 e. The van der Waals surface area contributed by atoms with Crippen LogP contribution in [0.1, 0.15) is 30.0 Å². The van der Waals surface area contributed by atoms with E-state index in [9.17, 15) is 0 Å². The van der Waals surface area contributed by atoms with Gasteiger partial charge in [-0.2, -0.15) is 0 Å². The van der Waals surface area contributed by atoms with E-state index in [1.165, 1.54) is 0 Å². The summed E-state index contributed by atoms with van der Waals surface area (Å²) >= 11 is 6.21. The highest BCUT2D eigenvalue weighted by Gasteiger charge is 2.08. The van der Waals surface area contributed by atoms with E-state index in [2.05, 4.69) is 17.4 Å². The van der Waals surface area contributed by atoms with Gasteiger partial charge in [0.1, 0.15) is 23.8 Å². The Morgan fingerprint density at radius 3 is 2.79 bits per heavy atom. The van der Waals surface area contributed by atoms with Crippen LogP contribution in [-0.4, -0.2) is 12.2 Å². The fourth-order valence-electron chi connectivity index (χ4n) is 1.71. The van der Waals surface area contributed by atoms with Crippen LogP contribution in [0.2, 0.25) is 5.02 Å². The Kier molecular flexibility index (Phi) is 4.45. The maximum absolute atomic E-state index is 6.21. The SMILES string of the molecule is CNC(C)c1ccc(OCc2cc(C)on2)c(Cl)c1. The number of nitrogens with zero attached hydrogens (tertiary/aromatic N) is 1. The Morgan fingerprint density at radius 2 is 2.21 bits per heavy atom. The monoisotopic (exact) mass is 280 g/mol. The molecule has 102 valence electrons. The van der Waals surface area contributed by atoms with Crippen molar-refractivity contribution in [3.63, 3.8) is 0 Å². The van der Waals surface area contributed by atoms with Gasteiger partial charge in [-0.05, 0) is 38.6 Å². The molecule has 0 bridgehead atoms. The minimum atomic E-state index is 0.254. The van der Waals surface area contributed by atoms with Crippen LogP contribution in [0.5, 0.6) is 5.75 Å². The number of nitrogens with one attached hydrogen (secondary N) is 1. The van der Waals surface area contributed by atoms with E-state index in [4.69, 9.17) is 20.9 Å². The Morgan fingerprint density at radius 1 is 1.42 bits per heavy atom. The molecule has 1 unspecified atom stereocenters. The van der Waals surface area contributed by atoms with Gasteiger partial charge in [0, 0.05) is 12.1 Å². The largest absolute Gasteiger partial charge is 0.486 e. The second kappa shape index (κ2) is 6.08. The summed E-state index contributed by atoms with van der Waals surface area (Å²) in [4.78, 5) is 0. The summed E-state index contributed by atoms with van der Waals surface area (Å²) in [5, 5.41) is 7.63. The summed E-state index contributed by atoms with van der Waals surface area (Å²) in [6, 6.07) is 7.87. The second-order valence-electron chi connectivity index (χ2n) is 4.42. The molecule has 1 aromatic heterocycles. The number of hydrogen-bond acceptors (Lipinski definition) is 4. The van der Waals surface area contributed by atoms with Gasteiger partial charge in [-0.15, -0.1) is 0 Å². The molecule has 0 aliphatic heterocycles. The minimum absolute atomic E-state index is 0.254. The Labute approximate surface area is 117 Å². The minimum Gasteiger partial charge on any atom is -0.486 e. The molecule has 19 heavy (non-hydrogen) atoms. The standard InChI is InChI=1S/C14H17ClN2O2/c1-9-6-12(17-19-9)8-18-14-5-4-11(7-13(14)15)10(2)16-3/h4-7,10,16H,8H2,1-3H3. The molecular formula is C14H17ClN2O2. The van der Waals surface area contributed by atoms with Crippen LogP contribution in [-0.2, 0) is 6.61 Å². The van der Waals surface area contributed by atoms with Crippen LogP contribution in [0.15, 0.2) is 28.8 Å². The number of benzene rings is 1. The molecule has 1 N–H and O–H groups in total. The first-order valence-electron chi connectivity index (χ1n) is 6.12. The van der Waals surface area contributed by atoms with Crippen molar-refractivity contribution < 1.29 is 9.26 Å². The summed E-state index contributed by atoms with van der Waals surface area (Å²) in [5.41, 5.74) is 1.87. The second-order valence-corrected chi connectivity index (χ2v) is 4.82. The normalized spacial score (nSPS) is 12.4. The summed E-state index contributed by atoms with van der Waals surface area (Å²) < 4.78 is 10.6. The summed E-state index contributed by atoms with van der Waals surface area (Å²) in [6.07, 6.45) is 0. The molecule has 0 amide bonds. The highest BCUT2D eigenvalue weighted by molar-refractivity contribution is 6.32. The first-order valence-corrected chi connectivity index (χ1v) is 6.49. The fraction of sp³-hybridized carbons (Fsp3) is 0.357. The van der Waals surface area contributed by atoms with Gasteiger partial charge < -0.3 is 14.6 Å². The van der Waals surface area contributed by atoms with Crippen LogP contribution in [0, 0.1) is 6.92 Å². The molecule has 0 radical (unpaired) electrons. The molecule has 1 atom stereocenters. The van der Waals surface area contributed by atoms with Crippen molar-refractivity contribution in [1.82, 2.24) is 10.5 Å².